The van der Waals surface area contributed by atoms with Gasteiger partial charge in [0.05, 0.1) is 11.8 Å². The summed E-state index contributed by atoms with van der Waals surface area (Å²) in [6.07, 6.45) is 5.41. The van der Waals surface area contributed by atoms with E-state index in [1.54, 1.807) is 30.5 Å². The number of likely N-dealkylation sites (tertiary alicyclic amines) is 1. The van der Waals surface area contributed by atoms with E-state index in [1.165, 1.54) is 11.8 Å². The van der Waals surface area contributed by atoms with E-state index in [0.29, 0.717) is 31.0 Å². The zero-order valence-electron chi connectivity index (χ0n) is 18.9. The fourth-order valence-electron chi connectivity index (χ4n) is 4.30. The van der Waals surface area contributed by atoms with Crippen LogP contribution in [0.15, 0.2) is 60.0 Å². The van der Waals surface area contributed by atoms with Crippen LogP contribution in [0.4, 0.5) is 5.69 Å². The normalized spacial score (nSPS) is 17.0. The second-order valence-electron chi connectivity index (χ2n) is 8.29. The lowest BCUT2D eigenvalue weighted by atomic mass is 10.0. The zero-order chi connectivity index (χ0) is 23.5. The SMILES string of the molecule is Cn1ccnc1SCC(=O)Nc1ccc(C(=O)N2CCC[C@@H]2c2ccc3c(c2)OCCO3)cc1. The predicted molar refractivity (Wildman–Crippen MR) is 129 cm³/mol. The van der Waals surface area contributed by atoms with Crippen LogP contribution in [-0.2, 0) is 11.8 Å². The van der Waals surface area contributed by atoms with Gasteiger partial charge in [0.2, 0.25) is 5.91 Å². The van der Waals surface area contributed by atoms with Crippen molar-refractivity contribution >= 4 is 29.3 Å². The smallest absolute Gasteiger partial charge is 0.254 e. The van der Waals surface area contributed by atoms with Gasteiger partial charge in [-0.15, -0.1) is 0 Å². The van der Waals surface area contributed by atoms with Gasteiger partial charge in [-0.25, -0.2) is 4.98 Å². The number of benzene rings is 2. The summed E-state index contributed by atoms with van der Waals surface area (Å²) < 4.78 is 13.2. The Kier molecular flexibility index (Phi) is 6.44. The minimum absolute atomic E-state index is 0.00542. The third-order valence-corrected chi connectivity index (χ3v) is 7.05. The van der Waals surface area contributed by atoms with Crippen LogP contribution in [0.5, 0.6) is 11.5 Å². The Bertz CT molecular complexity index is 1190. The highest BCUT2D eigenvalue weighted by Gasteiger charge is 2.31. The number of carbonyl (C=O) groups excluding carboxylic acids is 2. The van der Waals surface area contributed by atoms with E-state index in [1.807, 2.05) is 40.9 Å². The molecule has 3 aromatic rings. The van der Waals surface area contributed by atoms with E-state index < -0.39 is 0 Å². The fraction of sp³-hybridized carbons (Fsp3) is 0.320. The number of aryl methyl sites for hydroxylation is 1. The summed E-state index contributed by atoms with van der Waals surface area (Å²) >= 11 is 1.37. The minimum Gasteiger partial charge on any atom is -0.486 e. The van der Waals surface area contributed by atoms with Gasteiger partial charge in [-0.05, 0) is 54.8 Å². The number of rotatable bonds is 6. The van der Waals surface area contributed by atoms with Crippen LogP contribution in [0, 0.1) is 0 Å². The minimum atomic E-state index is -0.120. The molecule has 2 aliphatic heterocycles. The molecule has 0 saturated carbocycles. The molecule has 1 fully saturated rings. The first kappa shape index (κ1) is 22.3. The molecule has 2 aromatic carbocycles. The van der Waals surface area contributed by atoms with Crippen molar-refractivity contribution in [2.24, 2.45) is 7.05 Å². The third-order valence-electron chi connectivity index (χ3n) is 5.99. The molecule has 176 valence electrons. The first-order valence-corrected chi connectivity index (χ1v) is 12.3. The van der Waals surface area contributed by atoms with Crippen LogP contribution in [0.2, 0.25) is 0 Å². The molecular formula is C25H26N4O4S. The number of anilines is 1. The topological polar surface area (TPSA) is 85.7 Å². The van der Waals surface area contributed by atoms with Crippen LogP contribution >= 0.6 is 11.8 Å². The lowest BCUT2D eigenvalue weighted by Crippen LogP contribution is -2.30. The Labute approximate surface area is 202 Å². The van der Waals surface area contributed by atoms with Crippen molar-refractivity contribution in [2.75, 3.05) is 30.8 Å². The predicted octanol–water partition coefficient (Wildman–Crippen LogP) is 3.90. The van der Waals surface area contributed by atoms with Crippen molar-refractivity contribution in [3.05, 3.63) is 66.0 Å². The number of nitrogens with one attached hydrogen (secondary N) is 1. The second-order valence-corrected chi connectivity index (χ2v) is 9.24. The molecule has 34 heavy (non-hydrogen) atoms. The Hall–Kier alpha value is -3.46. The molecule has 9 heteroatoms. The van der Waals surface area contributed by atoms with Gasteiger partial charge in [0.1, 0.15) is 13.2 Å². The van der Waals surface area contributed by atoms with Crippen molar-refractivity contribution < 1.29 is 19.1 Å². The van der Waals surface area contributed by atoms with Gasteiger partial charge in [0.25, 0.3) is 5.91 Å². The summed E-state index contributed by atoms with van der Waals surface area (Å²) in [5, 5.41) is 3.66. The van der Waals surface area contributed by atoms with E-state index in [9.17, 15) is 9.59 Å². The molecule has 0 aliphatic carbocycles. The lowest BCUT2D eigenvalue weighted by molar-refractivity contribution is -0.113. The summed E-state index contributed by atoms with van der Waals surface area (Å²) in [5.74, 6) is 1.62. The van der Waals surface area contributed by atoms with Crippen LogP contribution in [0.3, 0.4) is 0 Å². The molecule has 2 amide bonds. The molecular weight excluding hydrogens is 452 g/mol. The zero-order valence-corrected chi connectivity index (χ0v) is 19.7. The van der Waals surface area contributed by atoms with Gasteiger partial charge in [-0.3, -0.25) is 9.59 Å². The number of hydrogen-bond acceptors (Lipinski definition) is 6. The Morgan fingerprint density at radius 3 is 2.68 bits per heavy atom. The number of fused-ring (bicyclic) bond motifs is 1. The van der Waals surface area contributed by atoms with Crippen molar-refractivity contribution in [1.29, 1.82) is 0 Å². The summed E-state index contributed by atoms with van der Waals surface area (Å²) in [4.78, 5) is 31.7. The molecule has 0 unspecified atom stereocenters. The highest BCUT2D eigenvalue weighted by atomic mass is 32.2. The summed E-state index contributed by atoms with van der Waals surface area (Å²) in [6, 6.07) is 13.0. The summed E-state index contributed by atoms with van der Waals surface area (Å²) in [6.45, 7) is 1.80. The Balaban J connectivity index is 1.22. The number of nitrogens with zero attached hydrogens (tertiary/aromatic N) is 3. The number of imidazole rings is 1. The Morgan fingerprint density at radius 2 is 1.91 bits per heavy atom. The molecule has 1 aromatic heterocycles. The molecule has 0 radical (unpaired) electrons. The summed E-state index contributed by atoms with van der Waals surface area (Å²) in [7, 11) is 1.89. The highest BCUT2D eigenvalue weighted by Crippen LogP contribution is 2.38. The van der Waals surface area contributed by atoms with Gasteiger partial charge in [0, 0.05) is 37.2 Å². The van der Waals surface area contributed by atoms with Crippen molar-refractivity contribution in [1.82, 2.24) is 14.5 Å². The maximum absolute atomic E-state index is 13.3. The molecule has 0 bridgehead atoms. The molecule has 5 rings (SSSR count). The van der Waals surface area contributed by atoms with Crippen molar-refractivity contribution in [3.63, 3.8) is 0 Å². The standard InChI is InChI=1S/C25H26N4O4S/c1-28-12-10-26-25(28)34-16-23(30)27-19-7-4-17(5-8-19)24(31)29-11-2-3-20(29)18-6-9-21-22(15-18)33-14-13-32-21/h4-10,12,15,20H,2-3,11,13-14,16H2,1H3,(H,27,30)/t20-/m1/s1. The fourth-order valence-corrected chi connectivity index (χ4v) is 5.04. The number of aromatic nitrogens is 2. The molecule has 0 spiro atoms. The van der Waals surface area contributed by atoms with E-state index in [2.05, 4.69) is 10.3 Å². The van der Waals surface area contributed by atoms with E-state index >= 15 is 0 Å². The van der Waals surface area contributed by atoms with Gasteiger partial charge in [0.15, 0.2) is 16.7 Å². The number of carbonyl (C=O) groups is 2. The third kappa shape index (κ3) is 4.75. The molecule has 1 saturated heterocycles. The number of amides is 2. The van der Waals surface area contributed by atoms with Crippen LogP contribution < -0.4 is 14.8 Å². The molecule has 1 atom stereocenters. The molecule has 2 aliphatic rings. The van der Waals surface area contributed by atoms with E-state index in [4.69, 9.17) is 9.47 Å². The van der Waals surface area contributed by atoms with E-state index in [0.717, 1.165) is 35.1 Å². The quantitative estimate of drug-likeness (QED) is 0.541. The van der Waals surface area contributed by atoms with Crippen LogP contribution in [0.25, 0.3) is 0 Å². The van der Waals surface area contributed by atoms with Gasteiger partial charge >= 0.3 is 0 Å². The van der Waals surface area contributed by atoms with Crippen molar-refractivity contribution in [3.8, 4) is 11.5 Å². The maximum Gasteiger partial charge on any atom is 0.254 e. The molecule has 1 N–H and O–H groups in total. The largest absolute Gasteiger partial charge is 0.486 e. The lowest BCUT2D eigenvalue weighted by Gasteiger charge is -2.27. The first-order valence-electron chi connectivity index (χ1n) is 11.3. The van der Waals surface area contributed by atoms with Crippen LogP contribution in [0.1, 0.15) is 34.8 Å². The monoisotopic (exact) mass is 478 g/mol. The Morgan fingerprint density at radius 1 is 1.12 bits per heavy atom. The molecule has 3 heterocycles. The molecule has 8 nitrogen and oxygen atoms in total. The first-order chi connectivity index (χ1) is 16.6. The van der Waals surface area contributed by atoms with E-state index in [-0.39, 0.29) is 23.6 Å². The number of thioether (sulfide) groups is 1. The number of ether oxygens (including phenoxy) is 2. The number of hydrogen-bond donors (Lipinski definition) is 1. The second kappa shape index (κ2) is 9.80. The maximum atomic E-state index is 13.3. The average molecular weight is 479 g/mol. The van der Waals surface area contributed by atoms with Gasteiger partial charge in [-0.2, -0.15) is 0 Å². The highest BCUT2D eigenvalue weighted by molar-refractivity contribution is 7.99. The van der Waals surface area contributed by atoms with Gasteiger partial charge in [-0.1, -0.05) is 17.8 Å². The van der Waals surface area contributed by atoms with Gasteiger partial charge < -0.3 is 24.3 Å². The summed E-state index contributed by atoms with van der Waals surface area (Å²) in [5.41, 5.74) is 2.32. The van der Waals surface area contributed by atoms with Crippen molar-refractivity contribution in [2.45, 2.75) is 24.0 Å². The average Bonchev–Trinajstić information content (AvgIpc) is 3.51. The van der Waals surface area contributed by atoms with Crippen LogP contribution in [-0.4, -0.2) is 51.8 Å².